The van der Waals surface area contributed by atoms with E-state index in [1.54, 1.807) is 4.90 Å². The maximum Gasteiger partial charge on any atom is 0.269 e. The maximum absolute atomic E-state index is 12.6. The average molecular weight is 374 g/mol. The fourth-order valence-corrected chi connectivity index (χ4v) is 3.60. The predicted molar refractivity (Wildman–Crippen MR) is 108 cm³/mol. The minimum atomic E-state index is -0.196. The number of amides is 2. The van der Waals surface area contributed by atoms with Crippen molar-refractivity contribution in [1.29, 1.82) is 0 Å². The number of anilines is 1. The van der Waals surface area contributed by atoms with E-state index in [-0.39, 0.29) is 17.7 Å². The topological polar surface area (TPSA) is 78.1 Å². The van der Waals surface area contributed by atoms with Crippen LogP contribution in [0.25, 0.3) is 11.3 Å². The van der Waals surface area contributed by atoms with Gasteiger partial charge in [-0.15, -0.1) is 0 Å². The van der Waals surface area contributed by atoms with Crippen molar-refractivity contribution in [2.75, 3.05) is 18.0 Å². The summed E-state index contributed by atoms with van der Waals surface area (Å²) in [7, 11) is 0. The van der Waals surface area contributed by atoms with Gasteiger partial charge in [-0.1, -0.05) is 48.5 Å². The molecule has 2 aromatic carbocycles. The highest BCUT2D eigenvalue weighted by atomic mass is 16.2. The van der Waals surface area contributed by atoms with Crippen LogP contribution in [-0.2, 0) is 4.79 Å². The number of hydrogen-bond acceptors (Lipinski definition) is 3. The first-order chi connectivity index (χ1) is 13.6. The Hall–Kier alpha value is -3.41. The van der Waals surface area contributed by atoms with Gasteiger partial charge in [-0.25, -0.2) is 0 Å². The van der Waals surface area contributed by atoms with Crippen molar-refractivity contribution in [3.05, 3.63) is 71.9 Å². The van der Waals surface area contributed by atoms with E-state index in [2.05, 4.69) is 15.5 Å². The molecule has 1 unspecified atom stereocenters. The number of carbonyl (C=O) groups excluding carboxylic acids is 2. The maximum atomic E-state index is 12.6. The molecule has 4 rings (SSSR count). The van der Waals surface area contributed by atoms with E-state index in [1.165, 1.54) is 0 Å². The first-order valence-corrected chi connectivity index (χ1v) is 9.37. The SMILES string of the molecule is Cc1c(-c2ccccc2)n[nH]c1C(=O)NCC1CC(=O)N(c2ccccc2)C1. The highest BCUT2D eigenvalue weighted by molar-refractivity contribution is 5.97. The van der Waals surface area contributed by atoms with Gasteiger partial charge in [0.2, 0.25) is 5.91 Å². The van der Waals surface area contributed by atoms with Crippen LogP contribution < -0.4 is 10.2 Å². The van der Waals surface area contributed by atoms with Crippen molar-refractivity contribution < 1.29 is 9.59 Å². The zero-order valence-corrected chi connectivity index (χ0v) is 15.7. The van der Waals surface area contributed by atoms with Crippen LogP contribution in [0.1, 0.15) is 22.5 Å². The van der Waals surface area contributed by atoms with Crippen LogP contribution in [0.4, 0.5) is 5.69 Å². The van der Waals surface area contributed by atoms with Crippen molar-refractivity contribution in [3.63, 3.8) is 0 Å². The van der Waals surface area contributed by atoms with Crippen molar-refractivity contribution >= 4 is 17.5 Å². The lowest BCUT2D eigenvalue weighted by Crippen LogP contribution is -2.31. The van der Waals surface area contributed by atoms with E-state index in [0.29, 0.717) is 25.2 Å². The molecular formula is C22H22N4O2. The van der Waals surface area contributed by atoms with Gasteiger partial charge in [0.25, 0.3) is 5.91 Å². The molecule has 1 aliphatic rings. The second-order valence-electron chi connectivity index (χ2n) is 7.06. The Morgan fingerprint density at radius 2 is 1.82 bits per heavy atom. The quantitative estimate of drug-likeness (QED) is 0.720. The van der Waals surface area contributed by atoms with E-state index in [0.717, 1.165) is 22.5 Å². The molecule has 2 heterocycles. The van der Waals surface area contributed by atoms with Crippen molar-refractivity contribution in [3.8, 4) is 11.3 Å². The zero-order chi connectivity index (χ0) is 19.5. The average Bonchev–Trinajstić information content (AvgIpc) is 3.30. The highest BCUT2D eigenvalue weighted by Crippen LogP contribution is 2.25. The molecule has 6 nitrogen and oxygen atoms in total. The van der Waals surface area contributed by atoms with Crippen molar-refractivity contribution in [1.82, 2.24) is 15.5 Å². The number of nitrogens with zero attached hydrogens (tertiary/aromatic N) is 2. The molecule has 6 heteroatoms. The Labute approximate surface area is 163 Å². The Bertz CT molecular complexity index is 982. The molecule has 1 aliphatic heterocycles. The minimum Gasteiger partial charge on any atom is -0.350 e. The Kier molecular flexibility index (Phi) is 4.93. The number of benzene rings is 2. The molecule has 0 spiro atoms. The summed E-state index contributed by atoms with van der Waals surface area (Å²) >= 11 is 0. The molecule has 0 radical (unpaired) electrons. The molecule has 142 valence electrons. The van der Waals surface area contributed by atoms with Crippen LogP contribution in [0.15, 0.2) is 60.7 Å². The number of hydrogen-bond donors (Lipinski definition) is 2. The Balaban J connectivity index is 1.39. The van der Waals surface area contributed by atoms with Crippen LogP contribution in [-0.4, -0.2) is 35.1 Å². The number of aromatic amines is 1. The third kappa shape index (κ3) is 3.53. The summed E-state index contributed by atoms with van der Waals surface area (Å²) in [4.78, 5) is 26.7. The van der Waals surface area contributed by atoms with Crippen LogP contribution in [0.5, 0.6) is 0 Å². The van der Waals surface area contributed by atoms with Crippen LogP contribution >= 0.6 is 0 Å². The number of carbonyl (C=O) groups is 2. The van der Waals surface area contributed by atoms with Gasteiger partial charge in [-0.2, -0.15) is 5.10 Å². The van der Waals surface area contributed by atoms with Gasteiger partial charge >= 0.3 is 0 Å². The normalized spacial score (nSPS) is 16.4. The first kappa shape index (κ1) is 18.0. The van der Waals surface area contributed by atoms with Gasteiger partial charge in [-0.05, 0) is 19.1 Å². The number of H-pyrrole nitrogens is 1. The summed E-state index contributed by atoms with van der Waals surface area (Å²) in [5, 5.41) is 10.1. The standard InChI is InChI=1S/C22H22N4O2/c1-15-20(17-8-4-2-5-9-17)24-25-21(15)22(28)23-13-16-12-19(27)26(14-16)18-10-6-3-7-11-18/h2-11,16H,12-14H2,1H3,(H,23,28)(H,24,25). The minimum absolute atomic E-state index is 0.0912. The molecule has 1 aromatic heterocycles. The summed E-state index contributed by atoms with van der Waals surface area (Å²) in [6, 6.07) is 19.4. The molecule has 3 aromatic rings. The van der Waals surface area contributed by atoms with E-state index < -0.39 is 0 Å². The highest BCUT2D eigenvalue weighted by Gasteiger charge is 2.31. The molecule has 2 amide bonds. The number of nitrogens with one attached hydrogen (secondary N) is 2. The van der Waals surface area contributed by atoms with Crippen LogP contribution in [0.3, 0.4) is 0 Å². The summed E-state index contributed by atoms with van der Waals surface area (Å²) in [6.07, 6.45) is 0.437. The van der Waals surface area contributed by atoms with Crippen LogP contribution in [0, 0.1) is 12.8 Å². The van der Waals surface area contributed by atoms with Crippen LogP contribution in [0.2, 0.25) is 0 Å². The Morgan fingerprint density at radius 1 is 1.14 bits per heavy atom. The van der Waals surface area contributed by atoms with E-state index in [9.17, 15) is 9.59 Å². The summed E-state index contributed by atoms with van der Waals surface area (Å²) in [5.41, 5.74) is 3.92. The molecule has 0 aliphatic carbocycles. The van der Waals surface area contributed by atoms with E-state index in [1.807, 2.05) is 67.6 Å². The van der Waals surface area contributed by atoms with Gasteiger partial charge in [0.15, 0.2) is 0 Å². The largest absolute Gasteiger partial charge is 0.350 e. The van der Waals surface area contributed by atoms with E-state index in [4.69, 9.17) is 0 Å². The molecule has 1 fully saturated rings. The lowest BCUT2D eigenvalue weighted by Gasteiger charge is -2.16. The summed E-state index contributed by atoms with van der Waals surface area (Å²) in [6.45, 7) is 2.95. The van der Waals surface area contributed by atoms with Gasteiger partial charge in [-0.3, -0.25) is 14.7 Å². The fourth-order valence-electron chi connectivity index (χ4n) is 3.60. The molecule has 0 saturated carbocycles. The zero-order valence-electron chi connectivity index (χ0n) is 15.7. The van der Waals surface area contributed by atoms with Gasteiger partial charge < -0.3 is 10.2 Å². The number of rotatable bonds is 5. The number of aromatic nitrogens is 2. The first-order valence-electron chi connectivity index (χ1n) is 9.37. The summed E-state index contributed by atoms with van der Waals surface area (Å²) in [5.74, 6) is -0.0131. The third-order valence-corrected chi connectivity index (χ3v) is 5.11. The van der Waals surface area contributed by atoms with Gasteiger partial charge in [0.05, 0.1) is 5.69 Å². The second-order valence-corrected chi connectivity index (χ2v) is 7.06. The molecular weight excluding hydrogens is 352 g/mol. The summed E-state index contributed by atoms with van der Waals surface area (Å²) < 4.78 is 0. The molecule has 1 atom stereocenters. The lowest BCUT2D eigenvalue weighted by atomic mass is 10.1. The monoisotopic (exact) mass is 374 g/mol. The predicted octanol–water partition coefficient (Wildman–Crippen LogP) is 3.17. The smallest absolute Gasteiger partial charge is 0.269 e. The Morgan fingerprint density at radius 3 is 2.54 bits per heavy atom. The van der Waals surface area contributed by atoms with Gasteiger partial charge in [0.1, 0.15) is 5.69 Å². The molecule has 0 bridgehead atoms. The second kappa shape index (κ2) is 7.68. The molecule has 2 N–H and O–H groups in total. The molecule has 28 heavy (non-hydrogen) atoms. The molecule has 1 saturated heterocycles. The van der Waals surface area contributed by atoms with Crippen molar-refractivity contribution in [2.45, 2.75) is 13.3 Å². The van der Waals surface area contributed by atoms with Gasteiger partial charge in [0, 0.05) is 42.2 Å². The third-order valence-electron chi connectivity index (χ3n) is 5.11. The number of para-hydroxylation sites is 1. The van der Waals surface area contributed by atoms with Crippen molar-refractivity contribution in [2.24, 2.45) is 5.92 Å². The fraction of sp³-hybridized carbons (Fsp3) is 0.227. The van der Waals surface area contributed by atoms with E-state index >= 15 is 0 Å². The lowest BCUT2D eigenvalue weighted by molar-refractivity contribution is -0.117.